The zero-order chi connectivity index (χ0) is 10.1. The van der Waals surface area contributed by atoms with Gasteiger partial charge >= 0.3 is 6.16 Å². The van der Waals surface area contributed by atoms with E-state index in [1.807, 2.05) is 6.92 Å². The second-order valence-electron chi connectivity index (χ2n) is 2.35. The molecule has 0 aromatic carbocycles. The molecule has 0 amide bonds. The van der Waals surface area contributed by atoms with Crippen LogP contribution in [-0.4, -0.2) is 24.5 Å². The van der Waals surface area contributed by atoms with Crippen molar-refractivity contribution in [3.05, 3.63) is 12.3 Å². The molecule has 0 saturated heterocycles. The molecule has 13 heavy (non-hydrogen) atoms. The van der Waals surface area contributed by atoms with E-state index < -0.39 is 6.16 Å². The molecule has 0 spiro atoms. The van der Waals surface area contributed by atoms with Crippen LogP contribution in [0.1, 0.15) is 19.8 Å². The normalized spacial score (nSPS) is 9.31. The van der Waals surface area contributed by atoms with Gasteiger partial charge in [-0.1, -0.05) is 19.9 Å². The van der Waals surface area contributed by atoms with Crippen LogP contribution >= 0.6 is 0 Å². The van der Waals surface area contributed by atoms with Crippen molar-refractivity contribution in [2.45, 2.75) is 19.8 Å². The lowest BCUT2D eigenvalue weighted by Crippen LogP contribution is -2.06. The highest BCUT2D eigenvalue weighted by molar-refractivity contribution is 5.56. The molecule has 0 unspecified atom stereocenters. The van der Waals surface area contributed by atoms with Gasteiger partial charge in [-0.25, -0.2) is 4.79 Å². The predicted octanol–water partition coefficient (Wildman–Crippen LogP) is 1.94. The molecule has 0 aliphatic carbocycles. The second-order valence-corrected chi connectivity index (χ2v) is 2.35. The van der Waals surface area contributed by atoms with Crippen LogP contribution in [0.3, 0.4) is 0 Å². The van der Waals surface area contributed by atoms with Crippen LogP contribution < -0.4 is 0 Å². The minimum absolute atomic E-state index is 0.138. The van der Waals surface area contributed by atoms with Crippen molar-refractivity contribution in [3.8, 4) is 0 Å². The number of carbonyl (C=O) groups is 1. The molecule has 0 aliphatic heterocycles. The van der Waals surface area contributed by atoms with E-state index in [2.05, 4.69) is 16.2 Å². The lowest BCUT2D eigenvalue weighted by molar-refractivity contribution is -0.266. The third-order valence-corrected chi connectivity index (χ3v) is 1.11. The van der Waals surface area contributed by atoms with Gasteiger partial charge in [0.25, 0.3) is 0 Å². The summed E-state index contributed by atoms with van der Waals surface area (Å²) in [7, 11) is 0. The van der Waals surface area contributed by atoms with Gasteiger partial charge in [-0.05, 0) is 6.42 Å². The van der Waals surface area contributed by atoms with Gasteiger partial charge in [0.15, 0.2) is 12.4 Å². The van der Waals surface area contributed by atoms with E-state index in [1.165, 1.54) is 0 Å². The number of hydrogen-bond acceptors (Lipinski definition) is 4. The number of carboxylic acid groups (broad SMARTS) is 1. The summed E-state index contributed by atoms with van der Waals surface area (Å²) in [6.45, 7) is 5.66. The molecule has 0 fully saturated rings. The van der Waals surface area contributed by atoms with Gasteiger partial charge in [0.1, 0.15) is 0 Å². The maximum Gasteiger partial charge on any atom is 0.506 e. The van der Waals surface area contributed by atoms with Crippen LogP contribution in [0.4, 0.5) is 4.79 Å². The molecule has 5 nitrogen and oxygen atoms in total. The Morgan fingerprint density at radius 1 is 1.54 bits per heavy atom. The molecule has 0 bridgehead atoms. The molecular weight excluding hydrogens is 176 g/mol. The SMILES string of the molecule is C=C(COC(=O)O)OOCCCC. The van der Waals surface area contributed by atoms with Crippen LogP contribution in [0.15, 0.2) is 12.3 Å². The number of hydrogen-bond donors (Lipinski definition) is 1. The molecule has 0 aromatic heterocycles. The van der Waals surface area contributed by atoms with Gasteiger partial charge in [0.05, 0.1) is 6.61 Å². The number of rotatable bonds is 7. The van der Waals surface area contributed by atoms with E-state index in [1.54, 1.807) is 0 Å². The Balaban J connectivity index is 3.25. The van der Waals surface area contributed by atoms with Gasteiger partial charge < -0.3 is 14.7 Å². The highest BCUT2D eigenvalue weighted by Crippen LogP contribution is 1.97. The summed E-state index contributed by atoms with van der Waals surface area (Å²) in [4.78, 5) is 19.2. The third-order valence-electron chi connectivity index (χ3n) is 1.11. The maximum atomic E-state index is 9.92. The summed E-state index contributed by atoms with van der Waals surface area (Å²) in [5, 5.41) is 8.11. The first-order chi connectivity index (χ1) is 6.16. The molecule has 1 N–H and O–H groups in total. The van der Waals surface area contributed by atoms with Crippen LogP contribution in [0.5, 0.6) is 0 Å². The van der Waals surface area contributed by atoms with E-state index in [0.29, 0.717) is 6.61 Å². The Labute approximate surface area is 76.8 Å². The Hall–Kier alpha value is -1.23. The van der Waals surface area contributed by atoms with E-state index in [-0.39, 0.29) is 12.4 Å². The van der Waals surface area contributed by atoms with E-state index >= 15 is 0 Å². The smallest absolute Gasteiger partial charge is 0.450 e. The molecular formula is C8H14O5. The summed E-state index contributed by atoms with van der Waals surface area (Å²) >= 11 is 0. The summed E-state index contributed by atoms with van der Waals surface area (Å²) in [5.41, 5.74) is 0. The lowest BCUT2D eigenvalue weighted by atomic mass is 10.4. The first kappa shape index (κ1) is 11.8. The van der Waals surface area contributed by atoms with Crippen molar-refractivity contribution < 1.29 is 24.4 Å². The first-order valence-electron chi connectivity index (χ1n) is 3.99. The first-order valence-corrected chi connectivity index (χ1v) is 3.99. The fourth-order valence-electron chi connectivity index (χ4n) is 0.495. The van der Waals surface area contributed by atoms with E-state index in [0.717, 1.165) is 12.8 Å². The monoisotopic (exact) mass is 190 g/mol. The average Bonchev–Trinajstić information content (AvgIpc) is 2.09. The van der Waals surface area contributed by atoms with Gasteiger partial charge in [0.2, 0.25) is 0 Å². The zero-order valence-corrected chi connectivity index (χ0v) is 7.62. The highest BCUT2D eigenvalue weighted by Gasteiger charge is 2.01. The summed E-state index contributed by atoms with van der Waals surface area (Å²) in [6.07, 6.45) is 0.521. The summed E-state index contributed by atoms with van der Waals surface area (Å²) in [5.74, 6) is 0.138. The van der Waals surface area contributed by atoms with Crippen molar-refractivity contribution in [2.75, 3.05) is 13.2 Å². The Morgan fingerprint density at radius 3 is 2.77 bits per heavy atom. The van der Waals surface area contributed by atoms with Crippen molar-refractivity contribution >= 4 is 6.16 Å². The largest absolute Gasteiger partial charge is 0.506 e. The maximum absolute atomic E-state index is 9.92. The van der Waals surface area contributed by atoms with Gasteiger partial charge in [-0.2, -0.15) is 4.89 Å². The molecule has 76 valence electrons. The van der Waals surface area contributed by atoms with Crippen molar-refractivity contribution in [2.24, 2.45) is 0 Å². The van der Waals surface area contributed by atoms with Crippen LogP contribution in [0.2, 0.25) is 0 Å². The fraction of sp³-hybridized carbons (Fsp3) is 0.625. The van der Waals surface area contributed by atoms with Gasteiger partial charge in [0, 0.05) is 0 Å². The van der Waals surface area contributed by atoms with Crippen LogP contribution in [0.25, 0.3) is 0 Å². The molecule has 0 rings (SSSR count). The number of ether oxygens (including phenoxy) is 1. The highest BCUT2D eigenvalue weighted by atomic mass is 17.2. The zero-order valence-electron chi connectivity index (χ0n) is 7.62. The molecule has 0 atom stereocenters. The lowest BCUT2D eigenvalue weighted by Gasteiger charge is -2.05. The molecule has 5 heteroatoms. The average molecular weight is 190 g/mol. The quantitative estimate of drug-likeness (QED) is 0.218. The second kappa shape index (κ2) is 7.42. The standard InChI is InChI=1S/C8H14O5/c1-3-4-5-12-13-7(2)6-11-8(9)10/h2-6H2,1H3,(H,9,10). The predicted molar refractivity (Wildman–Crippen MR) is 45.1 cm³/mol. The summed E-state index contributed by atoms with van der Waals surface area (Å²) in [6, 6.07) is 0. The molecule has 0 aromatic rings. The van der Waals surface area contributed by atoms with Crippen LogP contribution in [-0.2, 0) is 14.5 Å². The van der Waals surface area contributed by atoms with Crippen molar-refractivity contribution in [1.29, 1.82) is 0 Å². The fourth-order valence-corrected chi connectivity index (χ4v) is 0.495. The minimum atomic E-state index is -1.36. The Bertz CT molecular complexity index is 166. The molecule has 0 aliphatic rings. The Morgan fingerprint density at radius 2 is 2.23 bits per heavy atom. The molecule has 0 saturated carbocycles. The van der Waals surface area contributed by atoms with Crippen molar-refractivity contribution in [3.63, 3.8) is 0 Å². The van der Waals surface area contributed by atoms with E-state index in [4.69, 9.17) is 9.99 Å². The van der Waals surface area contributed by atoms with Gasteiger partial charge in [-0.3, -0.25) is 0 Å². The molecule has 0 heterocycles. The van der Waals surface area contributed by atoms with Crippen LogP contribution in [0, 0.1) is 0 Å². The Kier molecular flexibility index (Phi) is 6.72. The number of unbranched alkanes of at least 4 members (excludes halogenated alkanes) is 1. The topological polar surface area (TPSA) is 65.0 Å². The third kappa shape index (κ3) is 8.68. The molecule has 0 radical (unpaired) electrons. The van der Waals surface area contributed by atoms with Crippen molar-refractivity contribution in [1.82, 2.24) is 0 Å². The summed E-state index contributed by atoms with van der Waals surface area (Å²) < 4.78 is 4.17. The van der Waals surface area contributed by atoms with E-state index in [9.17, 15) is 4.79 Å². The van der Waals surface area contributed by atoms with Gasteiger partial charge in [-0.15, -0.1) is 0 Å². The minimum Gasteiger partial charge on any atom is -0.450 e.